The van der Waals surface area contributed by atoms with Crippen LogP contribution in [0, 0.1) is 0 Å². The van der Waals surface area contributed by atoms with Crippen molar-refractivity contribution in [3.05, 3.63) is 23.8 Å². The molecule has 0 amide bonds. The number of nitrogens with two attached hydrogens (primary N) is 2. The molecule has 0 radical (unpaired) electrons. The van der Waals surface area contributed by atoms with Gasteiger partial charge >= 0.3 is 0 Å². The van der Waals surface area contributed by atoms with E-state index in [1.54, 1.807) is 0 Å². The van der Waals surface area contributed by atoms with Gasteiger partial charge in [-0.2, -0.15) is 0 Å². The molecule has 96 valence electrons. The predicted molar refractivity (Wildman–Crippen MR) is 69.5 cm³/mol. The molecular formula is C13H22N2O2. The Kier molecular flexibility index (Phi) is 6.43. The molecule has 4 heteroatoms. The summed E-state index contributed by atoms with van der Waals surface area (Å²) in [6.45, 7) is 4.13. The number of benzene rings is 1. The second-order valence-electron chi connectivity index (χ2n) is 3.81. The number of hydrogen-bond acceptors (Lipinski definition) is 4. The molecule has 4 nitrogen and oxygen atoms in total. The second-order valence-corrected chi connectivity index (χ2v) is 3.81. The molecule has 0 aliphatic rings. The van der Waals surface area contributed by atoms with E-state index in [-0.39, 0.29) is 0 Å². The Morgan fingerprint density at radius 3 is 2.24 bits per heavy atom. The maximum absolute atomic E-state index is 5.58. The Morgan fingerprint density at radius 2 is 1.65 bits per heavy atom. The molecule has 0 aromatic heterocycles. The van der Waals surface area contributed by atoms with Crippen molar-refractivity contribution < 1.29 is 9.47 Å². The summed E-state index contributed by atoms with van der Waals surface area (Å²) in [5.74, 6) is 1.50. The fraction of sp³-hybridized carbons (Fsp3) is 0.538. The summed E-state index contributed by atoms with van der Waals surface area (Å²) in [6.07, 6.45) is 2.15. The van der Waals surface area contributed by atoms with Crippen LogP contribution in [0.15, 0.2) is 18.2 Å². The first kappa shape index (κ1) is 13.8. The van der Waals surface area contributed by atoms with Gasteiger partial charge in [-0.25, -0.2) is 0 Å². The summed E-state index contributed by atoms with van der Waals surface area (Å²) >= 11 is 0. The van der Waals surface area contributed by atoms with Gasteiger partial charge in [-0.15, -0.1) is 0 Å². The fourth-order valence-electron chi connectivity index (χ4n) is 1.57. The first-order valence-electron chi connectivity index (χ1n) is 6.10. The van der Waals surface area contributed by atoms with E-state index in [1.807, 2.05) is 12.1 Å². The molecule has 17 heavy (non-hydrogen) atoms. The van der Waals surface area contributed by atoms with Crippen LogP contribution in [0.3, 0.4) is 0 Å². The van der Waals surface area contributed by atoms with Gasteiger partial charge in [0.25, 0.3) is 0 Å². The lowest BCUT2D eigenvalue weighted by Gasteiger charge is -2.13. The molecule has 0 bridgehead atoms. The molecule has 4 N–H and O–H groups in total. The van der Waals surface area contributed by atoms with Gasteiger partial charge in [0.05, 0.1) is 0 Å². The lowest BCUT2D eigenvalue weighted by atomic mass is 10.1. The minimum Gasteiger partial charge on any atom is -0.488 e. The molecule has 0 fully saturated rings. The zero-order valence-electron chi connectivity index (χ0n) is 10.4. The van der Waals surface area contributed by atoms with E-state index >= 15 is 0 Å². The lowest BCUT2D eigenvalue weighted by Crippen LogP contribution is -2.13. The van der Waals surface area contributed by atoms with Gasteiger partial charge < -0.3 is 20.9 Å². The van der Waals surface area contributed by atoms with E-state index < -0.39 is 0 Å². The molecule has 1 rings (SSSR count). The molecule has 1 aromatic carbocycles. The molecule has 0 atom stereocenters. The molecule has 0 saturated carbocycles. The first-order valence-corrected chi connectivity index (χ1v) is 6.10. The van der Waals surface area contributed by atoms with Gasteiger partial charge in [0, 0.05) is 13.1 Å². The van der Waals surface area contributed by atoms with E-state index in [4.69, 9.17) is 20.9 Å². The Bertz CT molecular complexity index is 329. The van der Waals surface area contributed by atoms with Crippen LogP contribution in [0.4, 0.5) is 0 Å². The summed E-state index contributed by atoms with van der Waals surface area (Å²) < 4.78 is 11.1. The van der Waals surface area contributed by atoms with Crippen molar-refractivity contribution in [2.45, 2.75) is 19.8 Å². The smallest absolute Gasteiger partial charge is 0.161 e. The van der Waals surface area contributed by atoms with Crippen LogP contribution in [0.5, 0.6) is 11.5 Å². The van der Waals surface area contributed by atoms with Crippen LogP contribution in [-0.4, -0.2) is 26.3 Å². The zero-order valence-corrected chi connectivity index (χ0v) is 10.4. The average Bonchev–Trinajstić information content (AvgIpc) is 2.35. The highest BCUT2D eigenvalue weighted by molar-refractivity contribution is 5.43. The first-order chi connectivity index (χ1) is 8.31. The quantitative estimate of drug-likeness (QED) is 0.716. The van der Waals surface area contributed by atoms with Crippen LogP contribution >= 0.6 is 0 Å². The van der Waals surface area contributed by atoms with Crippen molar-refractivity contribution in [1.82, 2.24) is 0 Å². The third kappa shape index (κ3) is 4.63. The molecule has 0 spiro atoms. The molecule has 1 aromatic rings. The summed E-state index contributed by atoms with van der Waals surface area (Å²) in [5, 5.41) is 0. The minimum absolute atomic E-state index is 0.492. The molecule has 0 aliphatic carbocycles. The van der Waals surface area contributed by atoms with E-state index in [0.29, 0.717) is 26.3 Å². The Morgan fingerprint density at radius 1 is 1.00 bits per heavy atom. The summed E-state index contributed by atoms with van der Waals surface area (Å²) in [5.41, 5.74) is 12.1. The van der Waals surface area contributed by atoms with Crippen LogP contribution in [0.25, 0.3) is 0 Å². The van der Waals surface area contributed by atoms with E-state index in [2.05, 4.69) is 13.0 Å². The Hall–Kier alpha value is -1.26. The zero-order chi connectivity index (χ0) is 12.5. The monoisotopic (exact) mass is 238 g/mol. The third-order valence-electron chi connectivity index (χ3n) is 2.30. The van der Waals surface area contributed by atoms with E-state index in [0.717, 1.165) is 24.3 Å². The van der Waals surface area contributed by atoms with Crippen molar-refractivity contribution in [2.75, 3.05) is 26.3 Å². The van der Waals surface area contributed by atoms with Crippen LogP contribution < -0.4 is 20.9 Å². The lowest BCUT2D eigenvalue weighted by molar-refractivity contribution is 0.277. The van der Waals surface area contributed by atoms with Crippen LogP contribution in [0.1, 0.15) is 18.9 Å². The third-order valence-corrected chi connectivity index (χ3v) is 2.30. The standard InChI is InChI=1S/C13H22N2O2/c1-2-3-11-4-5-12(16-8-6-14)13(10-11)17-9-7-15/h4-5,10H,2-3,6-9,14-15H2,1H3. The minimum atomic E-state index is 0.492. The fourth-order valence-corrected chi connectivity index (χ4v) is 1.57. The highest BCUT2D eigenvalue weighted by Crippen LogP contribution is 2.28. The van der Waals surface area contributed by atoms with Gasteiger partial charge in [-0.1, -0.05) is 19.4 Å². The van der Waals surface area contributed by atoms with Crippen LogP contribution in [-0.2, 0) is 6.42 Å². The van der Waals surface area contributed by atoms with Gasteiger partial charge in [-0.05, 0) is 24.1 Å². The highest BCUT2D eigenvalue weighted by Gasteiger charge is 2.06. The van der Waals surface area contributed by atoms with Crippen molar-refractivity contribution in [1.29, 1.82) is 0 Å². The number of hydrogen-bond donors (Lipinski definition) is 2. The topological polar surface area (TPSA) is 70.5 Å². The van der Waals surface area contributed by atoms with Gasteiger partial charge in [-0.3, -0.25) is 0 Å². The van der Waals surface area contributed by atoms with Crippen LogP contribution in [0.2, 0.25) is 0 Å². The molecule has 0 heterocycles. The highest BCUT2D eigenvalue weighted by atomic mass is 16.5. The number of rotatable bonds is 8. The number of ether oxygens (including phenoxy) is 2. The van der Waals surface area contributed by atoms with Crippen molar-refractivity contribution in [3.63, 3.8) is 0 Å². The van der Waals surface area contributed by atoms with Crippen molar-refractivity contribution in [2.24, 2.45) is 11.5 Å². The SMILES string of the molecule is CCCc1ccc(OCCN)c(OCCN)c1. The Labute approximate surface area is 103 Å². The van der Waals surface area contributed by atoms with E-state index in [1.165, 1.54) is 5.56 Å². The van der Waals surface area contributed by atoms with E-state index in [9.17, 15) is 0 Å². The van der Waals surface area contributed by atoms with Crippen molar-refractivity contribution in [3.8, 4) is 11.5 Å². The molecule has 0 unspecified atom stereocenters. The van der Waals surface area contributed by atoms with Gasteiger partial charge in [0.15, 0.2) is 11.5 Å². The van der Waals surface area contributed by atoms with Gasteiger partial charge in [0.2, 0.25) is 0 Å². The molecular weight excluding hydrogens is 216 g/mol. The number of aryl methyl sites for hydroxylation is 1. The van der Waals surface area contributed by atoms with Crippen molar-refractivity contribution >= 4 is 0 Å². The molecule has 0 aliphatic heterocycles. The maximum Gasteiger partial charge on any atom is 0.161 e. The summed E-state index contributed by atoms with van der Waals surface area (Å²) in [6, 6.07) is 6.02. The largest absolute Gasteiger partial charge is 0.488 e. The summed E-state index contributed by atoms with van der Waals surface area (Å²) in [7, 11) is 0. The summed E-state index contributed by atoms with van der Waals surface area (Å²) in [4.78, 5) is 0. The average molecular weight is 238 g/mol. The second kappa shape index (κ2) is 7.92. The predicted octanol–water partition coefficient (Wildman–Crippen LogP) is 1.31. The molecule has 0 saturated heterocycles. The maximum atomic E-state index is 5.58. The normalized spacial score (nSPS) is 10.3. The Balaban J connectivity index is 2.78. The van der Waals surface area contributed by atoms with Gasteiger partial charge in [0.1, 0.15) is 13.2 Å².